The third kappa shape index (κ3) is 6.03. The van der Waals surface area contributed by atoms with Crippen molar-refractivity contribution in [2.45, 2.75) is 17.1 Å². The van der Waals surface area contributed by atoms with Gasteiger partial charge in [0.25, 0.3) is 5.91 Å². The van der Waals surface area contributed by atoms with Crippen LogP contribution in [-0.2, 0) is 14.3 Å². The van der Waals surface area contributed by atoms with Crippen molar-refractivity contribution in [1.29, 1.82) is 0 Å². The van der Waals surface area contributed by atoms with E-state index in [-0.39, 0.29) is 5.69 Å². The van der Waals surface area contributed by atoms with Crippen LogP contribution in [0.3, 0.4) is 0 Å². The molecule has 0 saturated carbocycles. The number of hydrogen-bond donors (Lipinski definition) is 1. The number of anilines is 1. The second kappa shape index (κ2) is 8.82. The van der Waals surface area contributed by atoms with Gasteiger partial charge in [-0.15, -0.1) is 11.8 Å². The van der Waals surface area contributed by atoms with Crippen LogP contribution in [0.15, 0.2) is 47.4 Å². The largest absolute Gasteiger partial charge is 0.455 e. The second-order valence-corrected chi connectivity index (χ2v) is 6.84. The highest BCUT2D eigenvalue weighted by Crippen LogP contribution is 2.25. The van der Waals surface area contributed by atoms with Crippen LogP contribution in [0.1, 0.15) is 6.92 Å². The van der Waals surface area contributed by atoms with E-state index in [9.17, 15) is 18.4 Å². The molecule has 0 unspecified atom stereocenters. The standard InChI is InChI=1S/C17H14ClF2NO3S/c1-10(25-13-5-2-11(18)3-6-13)17(23)24-9-16(22)21-15-8-12(19)4-7-14(15)20/h2-8,10H,9H2,1H3,(H,21,22)/t10-/m1/s1. The molecule has 0 saturated heterocycles. The van der Waals surface area contributed by atoms with Gasteiger partial charge in [0.05, 0.1) is 5.69 Å². The maximum absolute atomic E-state index is 13.4. The Kier molecular flexibility index (Phi) is 6.78. The Morgan fingerprint density at radius 3 is 2.56 bits per heavy atom. The molecule has 1 amide bonds. The first-order valence-electron chi connectivity index (χ1n) is 7.19. The highest BCUT2D eigenvalue weighted by Gasteiger charge is 2.18. The van der Waals surface area contributed by atoms with Crippen molar-refractivity contribution in [2.24, 2.45) is 0 Å². The summed E-state index contributed by atoms with van der Waals surface area (Å²) in [6, 6.07) is 9.58. The van der Waals surface area contributed by atoms with E-state index in [0.29, 0.717) is 5.02 Å². The molecule has 4 nitrogen and oxygen atoms in total. The molecule has 2 rings (SSSR count). The van der Waals surface area contributed by atoms with Crippen molar-refractivity contribution in [2.75, 3.05) is 11.9 Å². The Balaban J connectivity index is 1.83. The van der Waals surface area contributed by atoms with Gasteiger partial charge in [0, 0.05) is 16.0 Å². The van der Waals surface area contributed by atoms with Gasteiger partial charge in [-0.05, 0) is 43.3 Å². The predicted molar refractivity (Wildman–Crippen MR) is 92.7 cm³/mol. The van der Waals surface area contributed by atoms with Crippen molar-refractivity contribution in [3.05, 3.63) is 59.1 Å². The number of ether oxygens (including phenoxy) is 1. The van der Waals surface area contributed by atoms with E-state index in [2.05, 4.69) is 5.32 Å². The van der Waals surface area contributed by atoms with E-state index in [1.165, 1.54) is 11.8 Å². The Bertz CT molecular complexity index is 771. The summed E-state index contributed by atoms with van der Waals surface area (Å²) in [6.07, 6.45) is 0. The molecule has 1 N–H and O–H groups in total. The maximum Gasteiger partial charge on any atom is 0.319 e. The molecule has 0 bridgehead atoms. The van der Waals surface area contributed by atoms with E-state index in [0.717, 1.165) is 23.1 Å². The summed E-state index contributed by atoms with van der Waals surface area (Å²) >= 11 is 7.03. The van der Waals surface area contributed by atoms with Crippen LogP contribution in [-0.4, -0.2) is 23.7 Å². The molecule has 1 atom stereocenters. The zero-order valence-electron chi connectivity index (χ0n) is 13.1. The van der Waals surface area contributed by atoms with Gasteiger partial charge >= 0.3 is 5.97 Å². The summed E-state index contributed by atoms with van der Waals surface area (Å²) in [5.41, 5.74) is -0.315. The summed E-state index contributed by atoms with van der Waals surface area (Å²) in [7, 11) is 0. The highest BCUT2D eigenvalue weighted by molar-refractivity contribution is 8.00. The Labute approximate surface area is 152 Å². The lowest BCUT2D eigenvalue weighted by Crippen LogP contribution is -2.25. The minimum absolute atomic E-state index is 0.315. The van der Waals surface area contributed by atoms with Gasteiger partial charge in [-0.3, -0.25) is 9.59 Å². The monoisotopic (exact) mass is 385 g/mol. The first-order chi connectivity index (χ1) is 11.8. The molecule has 8 heteroatoms. The molecule has 0 fully saturated rings. The lowest BCUT2D eigenvalue weighted by molar-refractivity contribution is -0.146. The fourth-order valence-electron chi connectivity index (χ4n) is 1.80. The summed E-state index contributed by atoms with van der Waals surface area (Å²) in [5.74, 6) is -2.84. The number of esters is 1. The normalized spacial score (nSPS) is 11.7. The van der Waals surface area contributed by atoms with Crippen LogP contribution in [0.4, 0.5) is 14.5 Å². The predicted octanol–water partition coefficient (Wildman–Crippen LogP) is 4.28. The van der Waals surface area contributed by atoms with Gasteiger partial charge in [-0.1, -0.05) is 11.6 Å². The Hall–Kier alpha value is -2.12. The topological polar surface area (TPSA) is 55.4 Å². The third-order valence-electron chi connectivity index (χ3n) is 3.01. The van der Waals surface area contributed by atoms with Gasteiger partial charge in [-0.2, -0.15) is 0 Å². The zero-order valence-corrected chi connectivity index (χ0v) is 14.7. The van der Waals surface area contributed by atoms with Crippen LogP contribution >= 0.6 is 23.4 Å². The van der Waals surface area contributed by atoms with Crippen molar-refractivity contribution >= 4 is 40.9 Å². The van der Waals surface area contributed by atoms with Crippen LogP contribution in [0, 0.1) is 11.6 Å². The van der Waals surface area contributed by atoms with E-state index < -0.39 is 35.4 Å². The molecule has 0 aliphatic carbocycles. The van der Waals surface area contributed by atoms with Gasteiger partial charge < -0.3 is 10.1 Å². The molecule has 0 aromatic heterocycles. The quantitative estimate of drug-likeness (QED) is 0.595. The molecular formula is C17H14ClF2NO3S. The van der Waals surface area contributed by atoms with Crippen LogP contribution < -0.4 is 5.32 Å². The number of carbonyl (C=O) groups excluding carboxylic acids is 2. The molecule has 25 heavy (non-hydrogen) atoms. The molecule has 0 spiro atoms. The van der Waals surface area contributed by atoms with Gasteiger partial charge in [0.2, 0.25) is 0 Å². The number of hydrogen-bond acceptors (Lipinski definition) is 4. The molecule has 0 aliphatic heterocycles. The Morgan fingerprint density at radius 2 is 1.88 bits per heavy atom. The average molecular weight is 386 g/mol. The first kappa shape index (κ1) is 19.2. The number of rotatable bonds is 6. The van der Waals surface area contributed by atoms with Gasteiger partial charge in [0.1, 0.15) is 16.9 Å². The summed E-state index contributed by atoms with van der Waals surface area (Å²) in [5, 5.41) is 2.18. The summed E-state index contributed by atoms with van der Waals surface area (Å²) < 4.78 is 31.4. The van der Waals surface area contributed by atoms with Crippen LogP contribution in [0.5, 0.6) is 0 Å². The summed E-state index contributed by atoms with van der Waals surface area (Å²) in [6.45, 7) is 1.03. The van der Waals surface area contributed by atoms with E-state index >= 15 is 0 Å². The smallest absolute Gasteiger partial charge is 0.319 e. The van der Waals surface area contributed by atoms with Gasteiger partial charge in [0.15, 0.2) is 6.61 Å². The van der Waals surface area contributed by atoms with Crippen molar-refractivity contribution in [3.63, 3.8) is 0 Å². The molecule has 2 aromatic carbocycles. The molecule has 2 aromatic rings. The highest BCUT2D eigenvalue weighted by atomic mass is 35.5. The minimum atomic E-state index is -0.785. The molecule has 0 heterocycles. The molecular weight excluding hydrogens is 372 g/mol. The number of benzene rings is 2. The minimum Gasteiger partial charge on any atom is -0.455 e. The van der Waals surface area contributed by atoms with E-state index in [4.69, 9.17) is 16.3 Å². The zero-order chi connectivity index (χ0) is 18.4. The second-order valence-electron chi connectivity index (χ2n) is 4.99. The molecule has 0 radical (unpaired) electrons. The van der Waals surface area contributed by atoms with Crippen molar-refractivity contribution in [3.8, 4) is 0 Å². The SMILES string of the molecule is C[C@@H](Sc1ccc(Cl)cc1)C(=O)OCC(=O)Nc1cc(F)ccc1F. The summed E-state index contributed by atoms with van der Waals surface area (Å²) in [4.78, 5) is 24.4. The molecule has 132 valence electrons. The number of amides is 1. The lowest BCUT2D eigenvalue weighted by atomic mass is 10.3. The Morgan fingerprint density at radius 1 is 1.20 bits per heavy atom. The number of carbonyl (C=O) groups is 2. The third-order valence-corrected chi connectivity index (χ3v) is 4.35. The number of thioether (sulfide) groups is 1. The van der Waals surface area contributed by atoms with Crippen molar-refractivity contribution in [1.82, 2.24) is 0 Å². The molecule has 0 aliphatic rings. The number of nitrogens with one attached hydrogen (secondary N) is 1. The van der Waals surface area contributed by atoms with Crippen LogP contribution in [0.25, 0.3) is 0 Å². The van der Waals surface area contributed by atoms with Crippen LogP contribution in [0.2, 0.25) is 5.02 Å². The van der Waals surface area contributed by atoms with Gasteiger partial charge in [-0.25, -0.2) is 8.78 Å². The van der Waals surface area contributed by atoms with E-state index in [1.54, 1.807) is 31.2 Å². The van der Waals surface area contributed by atoms with Crippen molar-refractivity contribution < 1.29 is 23.1 Å². The fraction of sp³-hybridized carbons (Fsp3) is 0.176. The fourth-order valence-corrected chi connectivity index (χ4v) is 2.79. The van der Waals surface area contributed by atoms with E-state index in [1.807, 2.05) is 0 Å². The first-order valence-corrected chi connectivity index (χ1v) is 8.44. The number of halogens is 3. The lowest BCUT2D eigenvalue weighted by Gasteiger charge is -2.12. The maximum atomic E-state index is 13.4. The average Bonchev–Trinajstić information content (AvgIpc) is 2.58.